The Bertz CT molecular complexity index is 391. The Morgan fingerprint density at radius 2 is 2.12 bits per heavy atom. The molecule has 0 radical (unpaired) electrons. The minimum absolute atomic E-state index is 0.208. The van der Waals surface area contributed by atoms with Crippen molar-refractivity contribution in [3.63, 3.8) is 0 Å². The molecule has 16 heavy (non-hydrogen) atoms. The van der Waals surface area contributed by atoms with Crippen LogP contribution in [0.15, 0.2) is 18.2 Å². The zero-order valence-electron chi connectivity index (χ0n) is 9.00. The van der Waals surface area contributed by atoms with Crippen molar-refractivity contribution in [3.8, 4) is 5.75 Å². The van der Waals surface area contributed by atoms with E-state index in [-0.39, 0.29) is 12.2 Å². The Balaban J connectivity index is 1.65. The molecule has 0 spiro atoms. The topological polar surface area (TPSA) is 33.3 Å². The van der Waals surface area contributed by atoms with E-state index in [2.05, 4.69) is 10.6 Å². The van der Waals surface area contributed by atoms with Crippen LogP contribution in [0.2, 0.25) is 0 Å². The van der Waals surface area contributed by atoms with Gasteiger partial charge in [-0.3, -0.25) is 5.32 Å². The number of hydrogen-bond donors (Lipinski definition) is 2. The van der Waals surface area contributed by atoms with Crippen molar-refractivity contribution in [2.75, 3.05) is 5.32 Å². The van der Waals surface area contributed by atoms with Gasteiger partial charge in [-0.05, 0) is 25.0 Å². The van der Waals surface area contributed by atoms with Crippen molar-refractivity contribution in [2.45, 2.75) is 38.1 Å². The van der Waals surface area contributed by atoms with E-state index in [1.165, 1.54) is 37.8 Å². The number of hydrogen-bond acceptors (Lipinski definition) is 3. The second kappa shape index (κ2) is 3.94. The smallest absolute Gasteiger partial charge is 0.228 e. The van der Waals surface area contributed by atoms with Crippen LogP contribution in [-0.2, 0) is 0 Å². The first-order chi connectivity index (χ1) is 7.81. The lowest BCUT2D eigenvalue weighted by atomic mass is 10.2. The predicted octanol–water partition coefficient (Wildman–Crippen LogP) is 2.45. The molecule has 1 saturated carbocycles. The Morgan fingerprint density at radius 3 is 2.94 bits per heavy atom. The van der Waals surface area contributed by atoms with Crippen LogP contribution in [0.5, 0.6) is 5.75 Å². The van der Waals surface area contributed by atoms with Gasteiger partial charge in [-0.2, -0.15) is 0 Å². The zero-order chi connectivity index (χ0) is 11.0. The number of fused-ring (bicyclic) bond motifs is 1. The molecule has 0 saturated heterocycles. The van der Waals surface area contributed by atoms with Crippen LogP contribution in [0.4, 0.5) is 10.1 Å². The third-order valence-electron chi connectivity index (χ3n) is 3.22. The Morgan fingerprint density at radius 1 is 1.31 bits per heavy atom. The van der Waals surface area contributed by atoms with Crippen LogP contribution in [-0.4, -0.2) is 12.4 Å². The van der Waals surface area contributed by atoms with Crippen LogP contribution in [0, 0.1) is 5.82 Å². The Labute approximate surface area is 94.0 Å². The zero-order valence-corrected chi connectivity index (χ0v) is 9.00. The van der Waals surface area contributed by atoms with Crippen molar-refractivity contribution in [1.82, 2.24) is 5.32 Å². The third-order valence-corrected chi connectivity index (χ3v) is 3.22. The van der Waals surface area contributed by atoms with Gasteiger partial charge in [-0.25, -0.2) is 4.39 Å². The average Bonchev–Trinajstić information content (AvgIpc) is 2.86. The van der Waals surface area contributed by atoms with E-state index in [4.69, 9.17) is 4.74 Å². The van der Waals surface area contributed by atoms with E-state index in [1.54, 1.807) is 6.07 Å². The van der Waals surface area contributed by atoms with Gasteiger partial charge in [0.1, 0.15) is 11.6 Å². The van der Waals surface area contributed by atoms with E-state index in [0.29, 0.717) is 6.04 Å². The molecule has 1 aromatic carbocycles. The summed E-state index contributed by atoms with van der Waals surface area (Å²) in [6.45, 7) is 0. The number of anilines is 1. The van der Waals surface area contributed by atoms with Gasteiger partial charge >= 0.3 is 0 Å². The Kier molecular flexibility index (Phi) is 2.44. The van der Waals surface area contributed by atoms with Crippen molar-refractivity contribution in [1.29, 1.82) is 0 Å². The highest BCUT2D eigenvalue weighted by molar-refractivity contribution is 5.59. The molecular weight excluding hydrogens is 207 g/mol. The third kappa shape index (κ3) is 1.85. The highest BCUT2D eigenvalue weighted by Gasteiger charge is 2.25. The molecule has 1 aliphatic heterocycles. The molecular formula is C12H15FN2O. The van der Waals surface area contributed by atoms with Crippen molar-refractivity contribution >= 4 is 5.69 Å². The highest BCUT2D eigenvalue weighted by atomic mass is 19.1. The molecule has 1 aromatic rings. The van der Waals surface area contributed by atoms with E-state index in [1.807, 2.05) is 0 Å². The second-order valence-electron chi connectivity index (χ2n) is 4.43. The quantitative estimate of drug-likeness (QED) is 0.806. The largest absolute Gasteiger partial charge is 0.455 e. The maximum Gasteiger partial charge on any atom is 0.228 e. The van der Waals surface area contributed by atoms with Gasteiger partial charge in [0.15, 0.2) is 0 Å². The van der Waals surface area contributed by atoms with Gasteiger partial charge in [0.05, 0.1) is 5.69 Å². The van der Waals surface area contributed by atoms with E-state index in [0.717, 1.165) is 11.4 Å². The summed E-state index contributed by atoms with van der Waals surface area (Å²) >= 11 is 0. The molecule has 2 aliphatic rings. The van der Waals surface area contributed by atoms with E-state index < -0.39 is 0 Å². The fourth-order valence-corrected chi connectivity index (χ4v) is 2.40. The molecule has 3 rings (SSSR count). The summed E-state index contributed by atoms with van der Waals surface area (Å²) in [4.78, 5) is 0. The SMILES string of the molecule is Fc1ccc2c(c1)NC(NC1CCCC1)O2. The van der Waals surface area contributed by atoms with Crippen LogP contribution < -0.4 is 15.4 Å². The number of nitrogens with one attached hydrogen (secondary N) is 2. The van der Waals surface area contributed by atoms with Gasteiger partial charge < -0.3 is 10.1 Å². The van der Waals surface area contributed by atoms with E-state index in [9.17, 15) is 4.39 Å². The lowest BCUT2D eigenvalue weighted by molar-refractivity contribution is 0.193. The molecule has 0 amide bonds. The van der Waals surface area contributed by atoms with Gasteiger partial charge in [0, 0.05) is 12.1 Å². The molecule has 0 bridgehead atoms. The summed E-state index contributed by atoms with van der Waals surface area (Å²) in [6, 6.07) is 5.06. The maximum absolute atomic E-state index is 13.0. The fourth-order valence-electron chi connectivity index (χ4n) is 2.40. The van der Waals surface area contributed by atoms with Gasteiger partial charge in [0.25, 0.3) is 0 Å². The highest BCUT2D eigenvalue weighted by Crippen LogP contribution is 2.32. The Hall–Kier alpha value is -1.29. The van der Waals surface area contributed by atoms with Crippen molar-refractivity contribution in [2.24, 2.45) is 0 Å². The van der Waals surface area contributed by atoms with Gasteiger partial charge in [-0.15, -0.1) is 0 Å². The minimum Gasteiger partial charge on any atom is -0.455 e. The number of ether oxygens (including phenoxy) is 1. The van der Waals surface area contributed by atoms with Crippen LogP contribution >= 0.6 is 0 Å². The summed E-state index contributed by atoms with van der Waals surface area (Å²) in [5.74, 6) is 0.480. The molecule has 3 nitrogen and oxygen atoms in total. The minimum atomic E-state index is -0.239. The normalized spacial score (nSPS) is 23.9. The molecule has 0 aromatic heterocycles. The summed E-state index contributed by atoms with van der Waals surface area (Å²) in [5, 5.41) is 6.52. The molecule has 4 heteroatoms. The van der Waals surface area contributed by atoms with Crippen molar-refractivity contribution in [3.05, 3.63) is 24.0 Å². The summed E-state index contributed by atoms with van der Waals surface area (Å²) < 4.78 is 18.6. The molecule has 1 aliphatic carbocycles. The molecule has 1 heterocycles. The average molecular weight is 222 g/mol. The summed E-state index contributed by atoms with van der Waals surface area (Å²) in [5.41, 5.74) is 0.732. The predicted molar refractivity (Wildman–Crippen MR) is 59.8 cm³/mol. The van der Waals surface area contributed by atoms with Gasteiger partial charge in [-0.1, -0.05) is 12.8 Å². The molecule has 86 valence electrons. The summed E-state index contributed by atoms with van der Waals surface area (Å²) in [6.07, 6.45) is 4.76. The monoisotopic (exact) mass is 222 g/mol. The number of halogens is 1. The first-order valence-electron chi connectivity index (χ1n) is 5.80. The standard InChI is InChI=1S/C12H15FN2O/c13-8-5-6-11-10(7-8)15-12(16-11)14-9-3-1-2-4-9/h5-7,9,12,14-15H,1-4H2. The summed E-state index contributed by atoms with van der Waals surface area (Å²) in [7, 11) is 0. The first-order valence-corrected chi connectivity index (χ1v) is 5.80. The van der Waals surface area contributed by atoms with Crippen molar-refractivity contribution < 1.29 is 9.13 Å². The number of benzene rings is 1. The van der Waals surface area contributed by atoms with Crippen LogP contribution in [0.1, 0.15) is 25.7 Å². The molecule has 2 N–H and O–H groups in total. The molecule has 1 unspecified atom stereocenters. The lowest BCUT2D eigenvalue weighted by Crippen LogP contribution is -2.43. The second-order valence-corrected chi connectivity index (χ2v) is 4.43. The fraction of sp³-hybridized carbons (Fsp3) is 0.500. The van der Waals surface area contributed by atoms with Gasteiger partial charge in [0.2, 0.25) is 6.35 Å². The van der Waals surface area contributed by atoms with E-state index >= 15 is 0 Å². The lowest BCUT2D eigenvalue weighted by Gasteiger charge is -2.18. The van der Waals surface area contributed by atoms with Crippen LogP contribution in [0.25, 0.3) is 0 Å². The maximum atomic E-state index is 13.0. The molecule has 1 fully saturated rings. The van der Waals surface area contributed by atoms with Crippen LogP contribution in [0.3, 0.4) is 0 Å². The molecule has 1 atom stereocenters. The number of rotatable bonds is 2. The first kappa shape index (κ1) is 9.90.